The Morgan fingerprint density at radius 3 is 2.13 bits per heavy atom. The number of phenolic OH excluding ortho intramolecular Hbond substituents is 1. The number of benzene rings is 3. The summed E-state index contributed by atoms with van der Waals surface area (Å²) in [5.41, 5.74) is 4.50. The highest BCUT2D eigenvalue weighted by molar-refractivity contribution is 5.99. The molecule has 3 aliphatic rings. The third kappa shape index (κ3) is 5.95. The van der Waals surface area contributed by atoms with Gasteiger partial charge in [0.2, 0.25) is 0 Å². The summed E-state index contributed by atoms with van der Waals surface area (Å²) in [6.45, 7) is 3.88. The average molecular weight is 527 g/mol. The number of urea groups is 1. The molecule has 3 N–H and O–H groups in total. The van der Waals surface area contributed by atoms with Crippen molar-refractivity contribution in [3.8, 4) is 5.75 Å². The highest BCUT2D eigenvalue weighted by Gasteiger charge is 2.56. The number of hydrogen-bond acceptors (Lipinski definition) is 4. The number of nitrogens with one attached hydrogen (secondary N) is 2. The van der Waals surface area contributed by atoms with E-state index in [2.05, 4.69) is 23.6 Å². The minimum absolute atomic E-state index is 0.104. The second-order valence-corrected chi connectivity index (χ2v) is 11.3. The quantitative estimate of drug-likeness (QED) is 0.308. The van der Waals surface area contributed by atoms with Crippen LogP contribution < -0.4 is 10.6 Å². The molecule has 0 aliphatic heterocycles. The molecular weight excluding hydrogens is 488 g/mol. The lowest BCUT2D eigenvalue weighted by Gasteiger charge is -2.50. The van der Waals surface area contributed by atoms with E-state index < -0.39 is 0 Å². The molecular formula is C33H38N2O4. The normalized spacial score (nSPS) is 26.5. The van der Waals surface area contributed by atoms with Gasteiger partial charge in [-0.25, -0.2) is 4.79 Å². The third-order valence-corrected chi connectivity index (χ3v) is 8.99. The molecule has 6 heteroatoms. The molecule has 6 rings (SSSR count). The van der Waals surface area contributed by atoms with Gasteiger partial charge in [-0.15, -0.1) is 0 Å². The number of esters is 1. The lowest BCUT2D eigenvalue weighted by Crippen LogP contribution is -2.45. The van der Waals surface area contributed by atoms with E-state index in [1.54, 1.807) is 0 Å². The van der Waals surface area contributed by atoms with Gasteiger partial charge in [0.15, 0.2) is 0 Å². The smallest absolute Gasteiger partial charge is 0.323 e. The molecule has 3 aliphatic carbocycles. The van der Waals surface area contributed by atoms with Crippen LogP contribution in [-0.4, -0.2) is 23.2 Å². The van der Waals surface area contributed by atoms with Gasteiger partial charge in [0, 0.05) is 23.7 Å². The highest BCUT2D eigenvalue weighted by atomic mass is 16.5. The molecule has 2 fully saturated rings. The van der Waals surface area contributed by atoms with Crippen molar-refractivity contribution in [2.45, 2.75) is 64.4 Å². The predicted molar refractivity (Wildman–Crippen MR) is 154 cm³/mol. The molecule has 5 atom stereocenters. The Morgan fingerprint density at radius 1 is 0.872 bits per heavy atom. The number of carbonyl (C=O) groups excluding carboxylic acids is 2. The zero-order valence-corrected chi connectivity index (χ0v) is 22.7. The van der Waals surface area contributed by atoms with Gasteiger partial charge in [-0.2, -0.15) is 0 Å². The maximum absolute atomic E-state index is 11.6. The van der Waals surface area contributed by atoms with E-state index >= 15 is 0 Å². The van der Waals surface area contributed by atoms with Crippen LogP contribution in [0.25, 0.3) is 0 Å². The molecule has 0 radical (unpaired) electrons. The number of rotatable bonds is 3. The first kappa shape index (κ1) is 26.8. The Bertz CT molecular complexity index is 1250. The maximum atomic E-state index is 11.6. The van der Waals surface area contributed by atoms with E-state index in [1.807, 2.05) is 72.8 Å². The average Bonchev–Trinajstić information content (AvgIpc) is 3.25. The number of aryl methyl sites for hydroxylation is 1. The lowest BCUT2D eigenvalue weighted by atomic mass is 9.55. The summed E-state index contributed by atoms with van der Waals surface area (Å²) in [6.07, 6.45) is 6.89. The standard InChI is InChI=1S/C20H26O3.C13H12N2O/c1-12(21)23-19-8-7-18-17-5-3-13-11-14(22)4-6-15(13)16(17)9-10-20(18,19)2;16-13(14-11-7-3-1-4-8-11)15-12-9-5-2-6-10-12/h4,6,11,16-19,22H,3,5,7-10H2,1-2H3;1-10H,(H2,14,15,16). The van der Waals surface area contributed by atoms with E-state index in [1.165, 1.54) is 37.3 Å². The van der Waals surface area contributed by atoms with Gasteiger partial charge < -0.3 is 20.5 Å². The molecule has 0 saturated heterocycles. The van der Waals surface area contributed by atoms with Crippen LogP contribution >= 0.6 is 0 Å². The summed E-state index contributed by atoms with van der Waals surface area (Å²) >= 11 is 0. The lowest BCUT2D eigenvalue weighted by molar-refractivity contribution is -0.154. The molecule has 39 heavy (non-hydrogen) atoms. The first-order chi connectivity index (χ1) is 18.8. The molecule has 0 aromatic heterocycles. The van der Waals surface area contributed by atoms with Crippen molar-refractivity contribution < 1.29 is 19.4 Å². The first-order valence-corrected chi connectivity index (χ1v) is 14.0. The largest absolute Gasteiger partial charge is 0.508 e. The second-order valence-electron chi connectivity index (χ2n) is 11.3. The van der Waals surface area contributed by atoms with E-state index in [9.17, 15) is 14.7 Å². The molecule has 0 heterocycles. The summed E-state index contributed by atoms with van der Waals surface area (Å²) in [6, 6.07) is 24.3. The number of fused-ring (bicyclic) bond motifs is 5. The van der Waals surface area contributed by atoms with Crippen LogP contribution in [0.3, 0.4) is 0 Å². The Labute approximate surface area is 230 Å². The Morgan fingerprint density at radius 2 is 1.51 bits per heavy atom. The van der Waals surface area contributed by atoms with Crippen molar-refractivity contribution in [1.29, 1.82) is 0 Å². The zero-order valence-electron chi connectivity index (χ0n) is 22.7. The molecule has 0 spiro atoms. The van der Waals surface area contributed by atoms with Crippen LogP contribution in [0.5, 0.6) is 5.75 Å². The Kier molecular flexibility index (Phi) is 7.92. The summed E-state index contributed by atoms with van der Waals surface area (Å²) in [5.74, 6) is 2.23. The summed E-state index contributed by atoms with van der Waals surface area (Å²) in [7, 11) is 0. The summed E-state index contributed by atoms with van der Waals surface area (Å²) in [4.78, 5) is 23.0. The van der Waals surface area contributed by atoms with E-state index in [-0.39, 0.29) is 23.5 Å². The van der Waals surface area contributed by atoms with E-state index in [0.29, 0.717) is 23.5 Å². The first-order valence-electron chi connectivity index (χ1n) is 14.0. The van der Waals surface area contributed by atoms with Gasteiger partial charge in [0.1, 0.15) is 11.9 Å². The molecule has 3 aromatic carbocycles. The SMILES string of the molecule is CC(=O)OC1CCC2C3CCc4cc(O)ccc4C3CCC12C.O=C(Nc1ccccc1)Nc1ccccc1. The second kappa shape index (κ2) is 11.5. The number of ether oxygens (including phenoxy) is 1. The number of para-hydroxylation sites is 2. The van der Waals surface area contributed by atoms with Gasteiger partial charge in [0.25, 0.3) is 0 Å². The monoisotopic (exact) mass is 526 g/mol. The number of hydrogen-bond donors (Lipinski definition) is 3. The summed E-state index contributed by atoms with van der Waals surface area (Å²) < 4.78 is 5.68. The minimum atomic E-state index is -0.239. The van der Waals surface area contributed by atoms with Crippen molar-refractivity contribution in [2.75, 3.05) is 10.6 Å². The molecule has 204 valence electrons. The van der Waals surface area contributed by atoms with Crippen LogP contribution in [0.15, 0.2) is 78.9 Å². The molecule has 5 unspecified atom stereocenters. The number of anilines is 2. The van der Waals surface area contributed by atoms with Crippen LogP contribution in [-0.2, 0) is 16.0 Å². The van der Waals surface area contributed by atoms with Gasteiger partial charge in [0.05, 0.1) is 0 Å². The fourth-order valence-corrected chi connectivity index (χ4v) is 7.25. The molecule has 0 bridgehead atoms. The van der Waals surface area contributed by atoms with Gasteiger partial charge in [-0.05, 0) is 104 Å². The van der Waals surface area contributed by atoms with Crippen molar-refractivity contribution in [3.05, 3.63) is 90.0 Å². The Hall–Kier alpha value is -3.80. The van der Waals surface area contributed by atoms with E-state index in [0.717, 1.165) is 30.6 Å². The molecule has 6 nitrogen and oxygen atoms in total. The fourth-order valence-electron chi connectivity index (χ4n) is 7.25. The zero-order chi connectivity index (χ0) is 27.4. The topological polar surface area (TPSA) is 87.7 Å². The predicted octanol–water partition coefficient (Wildman–Crippen LogP) is 7.51. The Balaban J connectivity index is 0.000000169. The maximum Gasteiger partial charge on any atom is 0.323 e. The molecule has 3 aromatic rings. The van der Waals surface area contributed by atoms with Gasteiger partial charge in [-0.3, -0.25) is 4.79 Å². The summed E-state index contributed by atoms with van der Waals surface area (Å²) in [5, 5.41) is 15.2. The van der Waals surface area contributed by atoms with Gasteiger partial charge in [-0.1, -0.05) is 49.4 Å². The van der Waals surface area contributed by atoms with Crippen molar-refractivity contribution >= 4 is 23.4 Å². The minimum Gasteiger partial charge on any atom is -0.508 e. The number of amides is 2. The highest BCUT2D eigenvalue weighted by Crippen LogP contribution is 2.61. The van der Waals surface area contributed by atoms with Crippen LogP contribution in [0.4, 0.5) is 16.2 Å². The number of phenols is 1. The van der Waals surface area contributed by atoms with Crippen LogP contribution in [0, 0.1) is 17.3 Å². The fraction of sp³-hybridized carbons (Fsp3) is 0.394. The van der Waals surface area contributed by atoms with Crippen molar-refractivity contribution in [3.63, 3.8) is 0 Å². The third-order valence-electron chi connectivity index (χ3n) is 8.99. The van der Waals surface area contributed by atoms with Crippen LogP contribution in [0.1, 0.15) is 63.0 Å². The van der Waals surface area contributed by atoms with E-state index in [4.69, 9.17) is 4.74 Å². The number of aromatic hydroxyl groups is 1. The number of carbonyl (C=O) groups is 2. The van der Waals surface area contributed by atoms with Gasteiger partial charge >= 0.3 is 12.0 Å². The van der Waals surface area contributed by atoms with Crippen molar-refractivity contribution in [2.24, 2.45) is 17.3 Å². The molecule has 2 amide bonds. The van der Waals surface area contributed by atoms with Crippen LogP contribution in [0.2, 0.25) is 0 Å². The molecule has 2 saturated carbocycles. The van der Waals surface area contributed by atoms with Crippen molar-refractivity contribution in [1.82, 2.24) is 0 Å².